The highest BCUT2D eigenvalue weighted by Gasteiger charge is 2.41. The maximum Gasteiger partial charge on any atom is 0.282 e. The van der Waals surface area contributed by atoms with Crippen molar-refractivity contribution in [3.8, 4) is 11.5 Å². The van der Waals surface area contributed by atoms with Crippen LogP contribution in [0.2, 0.25) is 0 Å². The van der Waals surface area contributed by atoms with E-state index in [-0.39, 0.29) is 11.8 Å². The summed E-state index contributed by atoms with van der Waals surface area (Å²) >= 11 is 0. The van der Waals surface area contributed by atoms with Crippen LogP contribution in [-0.4, -0.2) is 24.5 Å². The average molecular weight is 457 g/mol. The molecule has 0 spiro atoms. The van der Waals surface area contributed by atoms with Gasteiger partial charge in [0.1, 0.15) is 17.2 Å². The molecule has 3 aromatic rings. The molecule has 3 aromatic carbocycles. The van der Waals surface area contributed by atoms with Crippen LogP contribution in [0.25, 0.3) is 5.57 Å². The number of anilines is 2. The number of carbonyl (C=O) groups is 2. The molecule has 34 heavy (non-hydrogen) atoms. The van der Waals surface area contributed by atoms with Gasteiger partial charge >= 0.3 is 0 Å². The van der Waals surface area contributed by atoms with Gasteiger partial charge in [-0.15, -0.1) is 0 Å². The van der Waals surface area contributed by atoms with Crippen molar-refractivity contribution in [3.05, 3.63) is 89.6 Å². The second-order valence-electron chi connectivity index (χ2n) is 8.28. The Hall–Kier alpha value is -4.06. The minimum atomic E-state index is -0.436. The van der Waals surface area contributed by atoms with E-state index in [0.717, 1.165) is 11.3 Å². The molecular formula is C28H28N2O4. The Kier molecular flexibility index (Phi) is 6.68. The maximum atomic E-state index is 13.7. The van der Waals surface area contributed by atoms with E-state index in [2.05, 4.69) is 5.32 Å². The molecule has 1 aliphatic rings. The number of aryl methyl sites for hydroxylation is 1. The Morgan fingerprint density at radius 1 is 0.882 bits per heavy atom. The van der Waals surface area contributed by atoms with E-state index in [9.17, 15) is 9.59 Å². The molecule has 1 heterocycles. The van der Waals surface area contributed by atoms with Gasteiger partial charge in [-0.05, 0) is 69.7 Å². The third-order valence-corrected chi connectivity index (χ3v) is 5.33. The standard InChI is InChI=1S/C28H28N2O4/c1-5-33-22-16-14-21(15-17-22)29-26-25(20-12-10-19(4)11-13-20)27(31)30(28(26)32)23-8-6-7-9-24(23)34-18(2)3/h6-18,29H,5H2,1-4H3. The predicted molar refractivity (Wildman–Crippen MR) is 134 cm³/mol. The fourth-order valence-electron chi connectivity index (χ4n) is 3.79. The number of benzene rings is 3. The number of hydrogen-bond donors (Lipinski definition) is 1. The molecule has 0 aliphatic carbocycles. The zero-order chi connectivity index (χ0) is 24.2. The van der Waals surface area contributed by atoms with Crippen LogP contribution in [0.15, 0.2) is 78.5 Å². The Morgan fingerprint density at radius 3 is 2.21 bits per heavy atom. The highest BCUT2D eigenvalue weighted by Crippen LogP contribution is 2.38. The van der Waals surface area contributed by atoms with Gasteiger partial charge in [0.05, 0.1) is 24.0 Å². The molecule has 0 aromatic heterocycles. The monoisotopic (exact) mass is 456 g/mol. The Bertz CT molecular complexity index is 1230. The lowest BCUT2D eigenvalue weighted by molar-refractivity contribution is -0.120. The SMILES string of the molecule is CCOc1ccc(NC2=C(c3ccc(C)cc3)C(=O)N(c3ccccc3OC(C)C)C2=O)cc1. The summed E-state index contributed by atoms with van der Waals surface area (Å²) in [5.41, 5.74) is 3.37. The maximum absolute atomic E-state index is 13.7. The van der Waals surface area contributed by atoms with Gasteiger partial charge in [0.2, 0.25) is 0 Å². The molecule has 174 valence electrons. The van der Waals surface area contributed by atoms with E-state index in [1.54, 1.807) is 18.2 Å². The average Bonchev–Trinajstić information content (AvgIpc) is 3.05. The van der Waals surface area contributed by atoms with Crippen molar-refractivity contribution in [2.45, 2.75) is 33.8 Å². The van der Waals surface area contributed by atoms with E-state index < -0.39 is 11.8 Å². The molecule has 6 nitrogen and oxygen atoms in total. The van der Waals surface area contributed by atoms with Gasteiger partial charge in [0.15, 0.2) is 0 Å². The topological polar surface area (TPSA) is 67.9 Å². The summed E-state index contributed by atoms with van der Waals surface area (Å²) in [5, 5.41) is 3.18. The summed E-state index contributed by atoms with van der Waals surface area (Å²) in [4.78, 5) is 28.6. The van der Waals surface area contributed by atoms with Gasteiger partial charge in [-0.2, -0.15) is 0 Å². The molecule has 0 saturated carbocycles. The van der Waals surface area contributed by atoms with Crippen LogP contribution in [0.1, 0.15) is 31.9 Å². The quantitative estimate of drug-likeness (QED) is 0.449. The number of rotatable bonds is 8. The van der Waals surface area contributed by atoms with Gasteiger partial charge in [-0.3, -0.25) is 9.59 Å². The van der Waals surface area contributed by atoms with Gasteiger partial charge in [-0.1, -0.05) is 42.0 Å². The third kappa shape index (κ3) is 4.66. The van der Waals surface area contributed by atoms with Crippen LogP contribution in [-0.2, 0) is 9.59 Å². The normalized spacial score (nSPS) is 13.6. The van der Waals surface area contributed by atoms with Crippen LogP contribution in [0.5, 0.6) is 11.5 Å². The molecule has 0 unspecified atom stereocenters. The van der Waals surface area contributed by atoms with Gasteiger partial charge in [0, 0.05) is 5.69 Å². The summed E-state index contributed by atoms with van der Waals surface area (Å²) in [6.07, 6.45) is -0.111. The van der Waals surface area contributed by atoms with E-state index in [0.29, 0.717) is 34.9 Å². The number of imide groups is 1. The van der Waals surface area contributed by atoms with E-state index in [1.807, 2.05) is 82.3 Å². The van der Waals surface area contributed by atoms with Crippen LogP contribution >= 0.6 is 0 Å². The molecule has 0 bridgehead atoms. The number of amides is 2. The Labute approximate surface area is 199 Å². The van der Waals surface area contributed by atoms with Crippen molar-refractivity contribution in [1.82, 2.24) is 0 Å². The van der Waals surface area contributed by atoms with Crippen LogP contribution < -0.4 is 19.7 Å². The number of ether oxygens (including phenoxy) is 2. The first-order valence-electron chi connectivity index (χ1n) is 11.3. The number of carbonyl (C=O) groups excluding carboxylic acids is 2. The predicted octanol–water partition coefficient (Wildman–Crippen LogP) is 5.58. The van der Waals surface area contributed by atoms with E-state index in [4.69, 9.17) is 9.47 Å². The van der Waals surface area contributed by atoms with Crippen molar-refractivity contribution in [2.75, 3.05) is 16.8 Å². The number of nitrogens with one attached hydrogen (secondary N) is 1. The Balaban J connectivity index is 1.77. The lowest BCUT2D eigenvalue weighted by Crippen LogP contribution is -2.33. The summed E-state index contributed by atoms with van der Waals surface area (Å²) < 4.78 is 11.4. The Morgan fingerprint density at radius 2 is 1.56 bits per heavy atom. The minimum absolute atomic E-state index is 0.111. The number of nitrogens with zero attached hydrogens (tertiary/aromatic N) is 1. The molecule has 0 atom stereocenters. The van der Waals surface area contributed by atoms with Gasteiger partial charge in [0.25, 0.3) is 11.8 Å². The highest BCUT2D eigenvalue weighted by molar-refractivity contribution is 6.46. The van der Waals surface area contributed by atoms with Crippen molar-refractivity contribution in [1.29, 1.82) is 0 Å². The molecule has 6 heteroatoms. The second-order valence-corrected chi connectivity index (χ2v) is 8.28. The van der Waals surface area contributed by atoms with Crippen molar-refractivity contribution in [2.24, 2.45) is 0 Å². The zero-order valence-electron chi connectivity index (χ0n) is 19.8. The second kappa shape index (κ2) is 9.83. The molecule has 0 saturated heterocycles. The van der Waals surface area contributed by atoms with Gasteiger partial charge < -0.3 is 14.8 Å². The summed E-state index contributed by atoms with van der Waals surface area (Å²) in [7, 11) is 0. The molecule has 0 radical (unpaired) electrons. The smallest absolute Gasteiger partial charge is 0.282 e. The molecule has 0 fully saturated rings. The highest BCUT2D eigenvalue weighted by atomic mass is 16.5. The lowest BCUT2D eigenvalue weighted by Gasteiger charge is -2.20. The molecule has 1 aliphatic heterocycles. The molecule has 4 rings (SSSR count). The minimum Gasteiger partial charge on any atom is -0.494 e. The molecule has 1 N–H and O–H groups in total. The largest absolute Gasteiger partial charge is 0.494 e. The van der Waals surface area contributed by atoms with E-state index in [1.165, 1.54) is 4.90 Å². The lowest BCUT2D eigenvalue weighted by atomic mass is 10.0. The van der Waals surface area contributed by atoms with Crippen LogP contribution in [0.3, 0.4) is 0 Å². The number of para-hydroxylation sites is 2. The fourth-order valence-corrected chi connectivity index (χ4v) is 3.79. The van der Waals surface area contributed by atoms with Crippen molar-refractivity contribution in [3.63, 3.8) is 0 Å². The number of hydrogen-bond acceptors (Lipinski definition) is 5. The van der Waals surface area contributed by atoms with Crippen molar-refractivity contribution >= 4 is 28.8 Å². The van der Waals surface area contributed by atoms with E-state index >= 15 is 0 Å². The van der Waals surface area contributed by atoms with Crippen molar-refractivity contribution < 1.29 is 19.1 Å². The summed E-state index contributed by atoms with van der Waals surface area (Å²) in [6.45, 7) is 8.27. The summed E-state index contributed by atoms with van der Waals surface area (Å²) in [6, 6.07) is 21.9. The third-order valence-electron chi connectivity index (χ3n) is 5.33. The first-order valence-corrected chi connectivity index (χ1v) is 11.3. The van der Waals surface area contributed by atoms with Crippen LogP contribution in [0, 0.1) is 6.92 Å². The zero-order valence-corrected chi connectivity index (χ0v) is 19.8. The molecule has 2 amide bonds. The summed E-state index contributed by atoms with van der Waals surface area (Å²) in [5.74, 6) is 0.372. The first-order chi connectivity index (χ1) is 16.4. The fraction of sp³-hybridized carbons (Fsp3) is 0.214. The van der Waals surface area contributed by atoms with Gasteiger partial charge in [-0.25, -0.2) is 4.90 Å². The first kappa shape index (κ1) is 23.1. The van der Waals surface area contributed by atoms with Crippen LogP contribution in [0.4, 0.5) is 11.4 Å². The molecular weight excluding hydrogens is 428 g/mol.